The van der Waals surface area contributed by atoms with Crippen molar-refractivity contribution in [3.8, 4) is 0 Å². The maximum atomic E-state index is 12.4. The Morgan fingerprint density at radius 1 is 1.12 bits per heavy atom. The first-order chi connectivity index (χ1) is 11.5. The first-order valence-electron chi connectivity index (χ1n) is 8.58. The molecule has 6 nitrogen and oxygen atoms in total. The molecule has 24 heavy (non-hydrogen) atoms. The van der Waals surface area contributed by atoms with Crippen LogP contribution in [0.15, 0.2) is 29.2 Å². The number of carbonyl (C=O) groups is 1. The van der Waals surface area contributed by atoms with Gasteiger partial charge in [-0.1, -0.05) is 25.3 Å². The third-order valence-corrected chi connectivity index (χ3v) is 5.98. The first kappa shape index (κ1) is 17.0. The number of sulfonamides is 1. The molecule has 1 aromatic rings. The lowest BCUT2D eigenvalue weighted by molar-refractivity contribution is -0.448. The van der Waals surface area contributed by atoms with Crippen LogP contribution in [0.1, 0.15) is 44.9 Å². The summed E-state index contributed by atoms with van der Waals surface area (Å²) in [4.78, 5) is 15.5. The zero-order valence-electron chi connectivity index (χ0n) is 13.7. The quantitative estimate of drug-likeness (QED) is 0.749. The van der Waals surface area contributed by atoms with Crippen LogP contribution in [0, 0.1) is 5.92 Å². The average Bonchev–Trinajstić information content (AvgIpc) is 3.08. The van der Waals surface area contributed by atoms with Gasteiger partial charge in [-0.2, -0.15) is 13.1 Å². The second kappa shape index (κ2) is 7.34. The highest BCUT2D eigenvalue weighted by molar-refractivity contribution is 7.90. The van der Waals surface area contributed by atoms with Crippen LogP contribution in [0.4, 0.5) is 5.69 Å². The van der Waals surface area contributed by atoms with Crippen molar-refractivity contribution in [1.29, 1.82) is 0 Å². The number of benzene rings is 1. The van der Waals surface area contributed by atoms with Crippen LogP contribution >= 0.6 is 0 Å². The van der Waals surface area contributed by atoms with E-state index in [1.165, 1.54) is 18.6 Å². The molecule has 7 heteroatoms. The Morgan fingerprint density at radius 3 is 2.62 bits per heavy atom. The number of anilines is 1. The molecule has 0 unspecified atom stereocenters. The SMILES string of the molecule is O=C(Nc1cccc(S(=O)(=O)NC2=[NH+]CCC2)c1)C1CCCCC1. The highest BCUT2D eigenvalue weighted by Crippen LogP contribution is 2.25. The fourth-order valence-electron chi connectivity index (χ4n) is 3.25. The number of nitrogens with one attached hydrogen (secondary N) is 3. The highest BCUT2D eigenvalue weighted by atomic mass is 32.2. The summed E-state index contributed by atoms with van der Waals surface area (Å²) in [7, 11) is -3.63. The Bertz CT molecular complexity index is 737. The summed E-state index contributed by atoms with van der Waals surface area (Å²) in [6, 6.07) is 6.42. The Labute approximate surface area is 142 Å². The van der Waals surface area contributed by atoms with Gasteiger partial charge in [0.25, 0.3) is 5.84 Å². The van der Waals surface area contributed by atoms with E-state index < -0.39 is 10.0 Å². The molecule has 0 radical (unpaired) electrons. The zero-order valence-corrected chi connectivity index (χ0v) is 14.5. The molecule has 1 heterocycles. The van der Waals surface area contributed by atoms with Crippen LogP contribution in [-0.4, -0.2) is 26.7 Å². The molecule has 1 fully saturated rings. The van der Waals surface area contributed by atoms with Crippen molar-refractivity contribution in [2.24, 2.45) is 5.92 Å². The van der Waals surface area contributed by atoms with E-state index >= 15 is 0 Å². The van der Waals surface area contributed by atoms with Crippen molar-refractivity contribution in [3.05, 3.63) is 24.3 Å². The monoisotopic (exact) mass is 350 g/mol. The van der Waals surface area contributed by atoms with Gasteiger partial charge in [0.1, 0.15) is 4.90 Å². The number of amidine groups is 1. The molecular weight excluding hydrogens is 326 g/mol. The van der Waals surface area contributed by atoms with Crippen molar-refractivity contribution in [3.63, 3.8) is 0 Å². The van der Waals surface area contributed by atoms with Crippen LogP contribution < -0.4 is 15.0 Å². The van der Waals surface area contributed by atoms with Gasteiger partial charge in [0.2, 0.25) is 5.91 Å². The Balaban J connectivity index is 1.70. The lowest BCUT2D eigenvalue weighted by atomic mass is 9.88. The predicted molar refractivity (Wildman–Crippen MR) is 92.0 cm³/mol. The van der Waals surface area contributed by atoms with E-state index in [9.17, 15) is 13.2 Å². The third kappa shape index (κ3) is 4.14. The summed E-state index contributed by atoms with van der Waals surface area (Å²) < 4.78 is 27.5. The molecule has 1 aromatic carbocycles. The fraction of sp³-hybridized carbons (Fsp3) is 0.529. The van der Waals surface area contributed by atoms with E-state index in [-0.39, 0.29) is 16.7 Å². The zero-order chi connectivity index (χ0) is 17.0. The van der Waals surface area contributed by atoms with Crippen LogP contribution in [0.2, 0.25) is 0 Å². The van der Waals surface area contributed by atoms with Gasteiger partial charge in [-0.05, 0) is 37.5 Å². The summed E-state index contributed by atoms with van der Waals surface area (Å²) in [6.07, 6.45) is 6.82. The Morgan fingerprint density at radius 2 is 1.92 bits per heavy atom. The Hall–Kier alpha value is -1.89. The van der Waals surface area contributed by atoms with Crippen LogP contribution in [0.5, 0.6) is 0 Å². The van der Waals surface area contributed by atoms with Crippen LogP contribution in [0.3, 0.4) is 0 Å². The number of carbonyl (C=O) groups excluding carboxylic acids is 1. The molecule has 0 bridgehead atoms. The van der Waals surface area contributed by atoms with Gasteiger partial charge in [-0.3, -0.25) is 9.79 Å². The summed E-state index contributed by atoms with van der Waals surface area (Å²) in [5.41, 5.74) is 0.526. The molecule has 0 spiro atoms. The van der Waals surface area contributed by atoms with E-state index in [2.05, 4.69) is 15.0 Å². The average molecular weight is 350 g/mol. The van der Waals surface area contributed by atoms with Crippen molar-refractivity contribution in [2.45, 2.75) is 49.8 Å². The molecule has 2 aliphatic rings. The minimum atomic E-state index is -3.63. The van der Waals surface area contributed by atoms with Gasteiger partial charge in [0, 0.05) is 11.6 Å². The number of hydrogen-bond acceptors (Lipinski definition) is 3. The normalized spacial score (nSPS) is 18.9. The minimum Gasteiger partial charge on any atom is -0.326 e. The molecule has 1 aliphatic heterocycles. The van der Waals surface area contributed by atoms with Gasteiger partial charge in [-0.25, -0.2) is 0 Å². The lowest BCUT2D eigenvalue weighted by Gasteiger charge is -2.20. The second-order valence-electron chi connectivity index (χ2n) is 6.47. The summed E-state index contributed by atoms with van der Waals surface area (Å²) >= 11 is 0. The fourth-order valence-corrected chi connectivity index (χ4v) is 4.41. The number of rotatable bonds is 4. The van der Waals surface area contributed by atoms with Gasteiger partial charge in [-0.15, -0.1) is 0 Å². The molecular formula is C17H24N3O3S+. The maximum absolute atomic E-state index is 12.4. The third-order valence-electron chi connectivity index (χ3n) is 4.59. The molecule has 3 rings (SSSR count). The summed E-state index contributed by atoms with van der Waals surface area (Å²) in [6.45, 7) is 0.787. The molecule has 1 saturated carbocycles. The Kier molecular flexibility index (Phi) is 5.18. The maximum Gasteiger partial charge on any atom is 0.328 e. The first-order valence-corrected chi connectivity index (χ1v) is 10.1. The van der Waals surface area contributed by atoms with Crippen molar-refractivity contribution in [1.82, 2.24) is 4.72 Å². The molecule has 130 valence electrons. The van der Waals surface area contributed by atoms with Crippen LogP contribution in [0.25, 0.3) is 0 Å². The van der Waals surface area contributed by atoms with Gasteiger partial charge in [0.05, 0.1) is 13.0 Å². The molecule has 0 atom stereocenters. The molecule has 0 aromatic heterocycles. The van der Waals surface area contributed by atoms with Gasteiger partial charge >= 0.3 is 10.0 Å². The van der Waals surface area contributed by atoms with Crippen molar-refractivity contribution < 1.29 is 18.2 Å². The predicted octanol–water partition coefficient (Wildman–Crippen LogP) is 0.757. The smallest absolute Gasteiger partial charge is 0.326 e. The molecule has 1 aliphatic carbocycles. The number of hydrogen-bond donors (Lipinski definition) is 3. The summed E-state index contributed by atoms with van der Waals surface area (Å²) in [5.74, 6) is 0.658. The molecule has 3 N–H and O–H groups in total. The highest BCUT2D eigenvalue weighted by Gasteiger charge is 2.25. The lowest BCUT2D eigenvalue weighted by Crippen LogP contribution is -2.72. The minimum absolute atomic E-state index is 0.0101. The molecule has 1 amide bonds. The van der Waals surface area contributed by atoms with E-state index in [1.54, 1.807) is 12.1 Å². The standard InChI is InChI=1S/C17H23N3O3S/c21-17(13-6-2-1-3-7-13)19-14-8-4-9-15(12-14)24(22,23)20-16-10-5-11-18-16/h4,8-9,12-13H,1-3,5-7,10-11H2,(H,18,20)(H,19,21)/p+1. The van der Waals surface area contributed by atoms with Crippen LogP contribution in [-0.2, 0) is 14.8 Å². The van der Waals surface area contributed by atoms with Gasteiger partial charge < -0.3 is 5.32 Å². The van der Waals surface area contributed by atoms with E-state index in [4.69, 9.17) is 0 Å². The number of amides is 1. The van der Waals surface area contributed by atoms with Gasteiger partial charge in [0.15, 0.2) is 0 Å². The summed E-state index contributed by atoms with van der Waals surface area (Å²) in [5, 5.41) is 2.86. The second-order valence-corrected chi connectivity index (χ2v) is 8.15. The van der Waals surface area contributed by atoms with Crippen molar-refractivity contribution in [2.75, 3.05) is 11.9 Å². The largest absolute Gasteiger partial charge is 0.328 e. The van der Waals surface area contributed by atoms with E-state index in [1.807, 2.05) is 0 Å². The van der Waals surface area contributed by atoms with Crippen molar-refractivity contribution >= 4 is 27.5 Å². The van der Waals surface area contributed by atoms with E-state index in [0.717, 1.165) is 38.6 Å². The van der Waals surface area contributed by atoms with E-state index in [0.29, 0.717) is 17.9 Å². The topological polar surface area (TPSA) is 89.2 Å². The molecule has 0 saturated heterocycles.